The minimum absolute atomic E-state index is 0.176. The molecule has 0 radical (unpaired) electrons. The first-order valence-electron chi connectivity index (χ1n) is 5.41. The summed E-state index contributed by atoms with van der Waals surface area (Å²) in [5.41, 5.74) is 0.176. The molecule has 0 aliphatic heterocycles. The van der Waals surface area contributed by atoms with Crippen molar-refractivity contribution in [2.45, 2.75) is 39.0 Å². The van der Waals surface area contributed by atoms with E-state index in [1.165, 1.54) is 6.42 Å². The highest BCUT2D eigenvalue weighted by Gasteiger charge is 2.43. The second kappa shape index (κ2) is 3.41. The Hall–Kier alpha value is -0.790. The summed E-state index contributed by atoms with van der Waals surface area (Å²) in [5, 5.41) is 0. The average molecular weight is 194 g/mol. The topological polar surface area (TPSA) is 26.3 Å². The molecular weight excluding hydrogens is 176 g/mol. The smallest absolute Gasteiger partial charge is 0.136 e. The number of rotatable bonds is 1. The minimum atomic E-state index is 0.176. The lowest BCUT2D eigenvalue weighted by Crippen LogP contribution is -2.39. The van der Waals surface area contributed by atoms with Gasteiger partial charge in [-0.15, -0.1) is 0 Å². The Kier molecular flexibility index (Phi) is 2.38. The summed E-state index contributed by atoms with van der Waals surface area (Å²) >= 11 is 0. The second-order valence-corrected chi connectivity index (χ2v) is 4.81. The summed E-state index contributed by atoms with van der Waals surface area (Å²) < 4.78 is 5.29. The Morgan fingerprint density at radius 1 is 1.57 bits per heavy atom. The van der Waals surface area contributed by atoms with E-state index in [4.69, 9.17) is 4.74 Å². The largest absolute Gasteiger partial charge is 0.501 e. The van der Waals surface area contributed by atoms with Crippen LogP contribution in [0.25, 0.3) is 0 Å². The number of carbonyl (C=O) groups is 1. The molecule has 0 aromatic carbocycles. The quantitative estimate of drug-likeness (QED) is 0.641. The number of carbonyl (C=O) groups excluding carboxylic acids is 1. The number of allylic oxidation sites excluding steroid dienone is 2. The van der Waals surface area contributed by atoms with Crippen LogP contribution in [0.5, 0.6) is 0 Å². The molecule has 2 nitrogen and oxygen atoms in total. The number of methoxy groups -OCH3 is 1. The van der Waals surface area contributed by atoms with E-state index in [9.17, 15) is 4.79 Å². The Morgan fingerprint density at radius 3 is 3.07 bits per heavy atom. The van der Waals surface area contributed by atoms with Crippen LogP contribution >= 0.6 is 0 Å². The highest BCUT2D eigenvalue weighted by atomic mass is 16.5. The maximum Gasteiger partial charge on any atom is 0.136 e. The van der Waals surface area contributed by atoms with E-state index in [2.05, 4.69) is 13.0 Å². The van der Waals surface area contributed by atoms with Gasteiger partial charge in [0.25, 0.3) is 0 Å². The Balaban J connectivity index is 2.23. The number of fused-ring (bicyclic) bond motifs is 1. The number of Topliss-reactive ketones (excluding diaryl/α,β-unsaturated/α-hetero) is 1. The van der Waals surface area contributed by atoms with Gasteiger partial charge in [-0.1, -0.05) is 6.92 Å². The van der Waals surface area contributed by atoms with Crippen LogP contribution in [-0.2, 0) is 9.53 Å². The molecule has 14 heavy (non-hydrogen) atoms. The molecule has 1 saturated carbocycles. The van der Waals surface area contributed by atoms with E-state index in [1.807, 2.05) is 0 Å². The van der Waals surface area contributed by atoms with Crippen molar-refractivity contribution in [3.8, 4) is 0 Å². The van der Waals surface area contributed by atoms with E-state index in [-0.39, 0.29) is 11.3 Å². The SMILES string of the molecule is COC1=CC[C@@H]2C(=O)CCC[C@@]2(C)C1. The van der Waals surface area contributed by atoms with Crippen LogP contribution in [0.1, 0.15) is 39.0 Å². The van der Waals surface area contributed by atoms with Crippen LogP contribution in [0, 0.1) is 11.3 Å². The Labute approximate surface area is 85.3 Å². The summed E-state index contributed by atoms with van der Waals surface area (Å²) in [6, 6.07) is 0. The molecule has 2 aliphatic rings. The van der Waals surface area contributed by atoms with Crippen LogP contribution in [0.15, 0.2) is 11.8 Å². The van der Waals surface area contributed by atoms with E-state index in [1.54, 1.807) is 7.11 Å². The van der Waals surface area contributed by atoms with Crippen molar-refractivity contribution < 1.29 is 9.53 Å². The van der Waals surface area contributed by atoms with Crippen LogP contribution in [-0.4, -0.2) is 12.9 Å². The van der Waals surface area contributed by atoms with Crippen molar-refractivity contribution in [3.63, 3.8) is 0 Å². The maximum absolute atomic E-state index is 11.8. The molecule has 0 unspecified atom stereocenters. The monoisotopic (exact) mass is 194 g/mol. The van der Waals surface area contributed by atoms with Crippen LogP contribution < -0.4 is 0 Å². The van der Waals surface area contributed by atoms with Crippen molar-refractivity contribution in [3.05, 3.63) is 11.8 Å². The first-order valence-corrected chi connectivity index (χ1v) is 5.41. The van der Waals surface area contributed by atoms with E-state index in [0.29, 0.717) is 5.78 Å². The third kappa shape index (κ3) is 1.47. The lowest BCUT2D eigenvalue weighted by atomic mass is 9.61. The molecule has 2 heteroatoms. The zero-order valence-electron chi connectivity index (χ0n) is 9.01. The van der Waals surface area contributed by atoms with Crippen LogP contribution in [0.3, 0.4) is 0 Å². The minimum Gasteiger partial charge on any atom is -0.501 e. The van der Waals surface area contributed by atoms with Gasteiger partial charge in [0.05, 0.1) is 12.9 Å². The lowest BCUT2D eigenvalue weighted by molar-refractivity contribution is -0.130. The molecule has 0 aromatic heterocycles. The molecule has 0 amide bonds. The number of hydrogen-bond donors (Lipinski definition) is 0. The average Bonchev–Trinajstić information content (AvgIpc) is 2.16. The van der Waals surface area contributed by atoms with Crippen molar-refractivity contribution in [2.75, 3.05) is 7.11 Å². The van der Waals surface area contributed by atoms with E-state index >= 15 is 0 Å². The van der Waals surface area contributed by atoms with Crippen molar-refractivity contribution in [1.29, 1.82) is 0 Å². The van der Waals surface area contributed by atoms with Gasteiger partial charge in [-0.3, -0.25) is 4.79 Å². The summed E-state index contributed by atoms with van der Waals surface area (Å²) in [6.07, 6.45) is 6.94. The zero-order chi connectivity index (χ0) is 10.2. The molecule has 2 atom stereocenters. The molecule has 2 aliphatic carbocycles. The molecule has 78 valence electrons. The molecule has 0 N–H and O–H groups in total. The van der Waals surface area contributed by atoms with E-state index < -0.39 is 0 Å². The lowest BCUT2D eigenvalue weighted by Gasteiger charge is -2.43. The molecular formula is C12H18O2. The molecule has 0 spiro atoms. The first kappa shape index (κ1) is 9.75. The van der Waals surface area contributed by atoms with Crippen LogP contribution in [0.4, 0.5) is 0 Å². The fraction of sp³-hybridized carbons (Fsp3) is 0.750. The highest BCUT2D eigenvalue weighted by Crippen LogP contribution is 2.48. The van der Waals surface area contributed by atoms with Crippen LogP contribution in [0.2, 0.25) is 0 Å². The van der Waals surface area contributed by atoms with Gasteiger partial charge >= 0.3 is 0 Å². The third-order valence-corrected chi connectivity index (χ3v) is 3.82. The van der Waals surface area contributed by atoms with Gasteiger partial charge in [0, 0.05) is 18.8 Å². The normalized spacial score (nSPS) is 37.4. The summed E-state index contributed by atoms with van der Waals surface area (Å²) in [5.74, 6) is 1.79. The predicted octanol–water partition coefficient (Wildman–Crippen LogP) is 2.69. The zero-order valence-corrected chi connectivity index (χ0v) is 9.01. The molecule has 2 rings (SSSR count). The van der Waals surface area contributed by atoms with Gasteiger partial charge < -0.3 is 4.74 Å². The molecule has 1 fully saturated rings. The van der Waals surface area contributed by atoms with Gasteiger partial charge in [-0.05, 0) is 30.8 Å². The number of hydrogen-bond acceptors (Lipinski definition) is 2. The number of ether oxygens (including phenoxy) is 1. The third-order valence-electron chi connectivity index (χ3n) is 3.82. The molecule has 0 heterocycles. The molecule has 0 bridgehead atoms. The van der Waals surface area contributed by atoms with Gasteiger partial charge in [-0.25, -0.2) is 0 Å². The maximum atomic E-state index is 11.8. The number of ketones is 1. The summed E-state index contributed by atoms with van der Waals surface area (Å²) in [4.78, 5) is 11.8. The molecule has 0 aromatic rings. The van der Waals surface area contributed by atoms with Crippen molar-refractivity contribution >= 4 is 5.78 Å². The van der Waals surface area contributed by atoms with Gasteiger partial charge in [0.2, 0.25) is 0 Å². The fourth-order valence-corrected chi connectivity index (χ4v) is 2.91. The Bertz CT molecular complexity index is 280. The van der Waals surface area contributed by atoms with Gasteiger partial charge in [0.1, 0.15) is 5.78 Å². The van der Waals surface area contributed by atoms with E-state index in [0.717, 1.165) is 31.4 Å². The Morgan fingerprint density at radius 2 is 2.36 bits per heavy atom. The molecule has 0 saturated heterocycles. The van der Waals surface area contributed by atoms with Crippen molar-refractivity contribution in [1.82, 2.24) is 0 Å². The summed E-state index contributed by atoms with van der Waals surface area (Å²) in [6.45, 7) is 2.24. The predicted molar refractivity (Wildman–Crippen MR) is 54.8 cm³/mol. The first-order chi connectivity index (χ1) is 6.65. The van der Waals surface area contributed by atoms with Crippen molar-refractivity contribution in [2.24, 2.45) is 11.3 Å². The highest BCUT2D eigenvalue weighted by molar-refractivity contribution is 5.83. The van der Waals surface area contributed by atoms with Gasteiger partial charge in [0.15, 0.2) is 0 Å². The van der Waals surface area contributed by atoms with Gasteiger partial charge in [-0.2, -0.15) is 0 Å². The summed E-state index contributed by atoms with van der Waals surface area (Å²) in [7, 11) is 1.72. The standard InChI is InChI=1S/C12H18O2/c1-12-7-3-4-11(13)10(12)6-5-9(8-12)14-2/h5,10H,3-4,6-8H2,1-2H3/t10-,12+/m1/s1. The second-order valence-electron chi connectivity index (χ2n) is 4.81. The fourth-order valence-electron chi connectivity index (χ4n) is 2.91.